The summed E-state index contributed by atoms with van der Waals surface area (Å²) in [4.78, 5) is 13.8. The molecule has 0 bridgehead atoms. The molecule has 0 radical (unpaired) electrons. The second-order valence-corrected chi connectivity index (χ2v) is 6.49. The molecule has 0 saturated carbocycles. The van der Waals surface area contributed by atoms with Crippen LogP contribution in [0.25, 0.3) is 0 Å². The van der Waals surface area contributed by atoms with Gasteiger partial charge in [0.2, 0.25) is 0 Å². The topological polar surface area (TPSA) is 140 Å². The van der Waals surface area contributed by atoms with Gasteiger partial charge in [0.1, 0.15) is 4.21 Å². The molecule has 9 nitrogen and oxygen atoms in total. The minimum atomic E-state index is -3.93. The van der Waals surface area contributed by atoms with Crippen LogP contribution in [-0.4, -0.2) is 18.3 Å². The molecule has 0 saturated heterocycles. The van der Waals surface area contributed by atoms with E-state index in [0.29, 0.717) is 11.3 Å². The van der Waals surface area contributed by atoms with E-state index in [9.17, 15) is 18.5 Å². The van der Waals surface area contributed by atoms with E-state index >= 15 is 0 Å². The van der Waals surface area contributed by atoms with E-state index in [0.717, 1.165) is 6.07 Å². The SMILES string of the molecule is NNc1sc(S(=O)(=O)Nc2cccnc2)cc1[N+](=O)[O-]. The first-order chi connectivity index (χ1) is 9.44. The van der Waals surface area contributed by atoms with Crippen molar-refractivity contribution in [2.45, 2.75) is 4.21 Å². The fraction of sp³-hybridized carbons (Fsp3) is 0. The van der Waals surface area contributed by atoms with Crippen molar-refractivity contribution in [1.29, 1.82) is 0 Å². The maximum atomic E-state index is 12.1. The van der Waals surface area contributed by atoms with E-state index in [2.05, 4.69) is 15.1 Å². The third kappa shape index (κ3) is 2.84. The van der Waals surface area contributed by atoms with Crippen LogP contribution in [0.4, 0.5) is 16.4 Å². The van der Waals surface area contributed by atoms with Crippen molar-refractivity contribution in [3.8, 4) is 0 Å². The number of pyridine rings is 1. The van der Waals surface area contributed by atoms with Crippen LogP contribution in [-0.2, 0) is 10.0 Å². The number of nitrogens with zero attached hydrogens (tertiary/aromatic N) is 2. The van der Waals surface area contributed by atoms with E-state index in [4.69, 9.17) is 5.84 Å². The summed E-state index contributed by atoms with van der Waals surface area (Å²) < 4.78 is 26.2. The first-order valence-corrected chi connectivity index (χ1v) is 7.41. The molecule has 4 N–H and O–H groups in total. The van der Waals surface area contributed by atoms with Crippen molar-refractivity contribution < 1.29 is 13.3 Å². The van der Waals surface area contributed by atoms with Gasteiger partial charge in [0.05, 0.1) is 16.8 Å². The molecular formula is C9H9N5O4S2. The van der Waals surface area contributed by atoms with Gasteiger partial charge >= 0.3 is 5.69 Å². The molecule has 0 unspecified atom stereocenters. The Morgan fingerprint density at radius 1 is 1.45 bits per heavy atom. The fourth-order valence-corrected chi connectivity index (χ4v) is 3.64. The first kappa shape index (κ1) is 14.2. The molecular weight excluding hydrogens is 306 g/mol. The number of thiophene rings is 1. The third-order valence-corrected chi connectivity index (χ3v) is 5.11. The summed E-state index contributed by atoms with van der Waals surface area (Å²) >= 11 is 0.665. The number of nitrogen functional groups attached to an aromatic ring is 1. The lowest BCUT2D eigenvalue weighted by molar-refractivity contribution is -0.383. The molecule has 20 heavy (non-hydrogen) atoms. The number of rotatable bonds is 5. The van der Waals surface area contributed by atoms with Crippen molar-refractivity contribution in [1.82, 2.24) is 4.98 Å². The average Bonchev–Trinajstić information content (AvgIpc) is 2.84. The van der Waals surface area contributed by atoms with Crippen molar-refractivity contribution in [2.75, 3.05) is 10.1 Å². The standard InChI is InChI=1S/C9H9N5O4S2/c10-12-9-7(14(15)16)4-8(19-9)20(17,18)13-6-2-1-3-11-5-6/h1-5,12-13H,10H2. The summed E-state index contributed by atoms with van der Waals surface area (Å²) in [5.41, 5.74) is 1.96. The average molecular weight is 315 g/mol. The lowest BCUT2D eigenvalue weighted by atomic mass is 10.4. The summed E-state index contributed by atoms with van der Waals surface area (Å²) in [6.07, 6.45) is 2.81. The van der Waals surface area contributed by atoms with Gasteiger partial charge in [0.15, 0.2) is 5.00 Å². The van der Waals surface area contributed by atoms with Crippen LogP contribution >= 0.6 is 11.3 Å². The number of sulfonamides is 1. The number of aromatic nitrogens is 1. The van der Waals surface area contributed by atoms with E-state index in [1.54, 1.807) is 6.07 Å². The van der Waals surface area contributed by atoms with E-state index in [1.165, 1.54) is 18.5 Å². The number of hydrazine groups is 1. The lowest BCUT2D eigenvalue weighted by Crippen LogP contribution is -2.11. The van der Waals surface area contributed by atoms with Crippen molar-refractivity contribution in [3.63, 3.8) is 0 Å². The Balaban J connectivity index is 2.37. The van der Waals surface area contributed by atoms with Crippen LogP contribution in [0.5, 0.6) is 0 Å². The summed E-state index contributed by atoms with van der Waals surface area (Å²) in [6.45, 7) is 0. The molecule has 11 heteroatoms. The normalized spacial score (nSPS) is 11.1. The Labute approximate surface area is 117 Å². The fourth-order valence-electron chi connectivity index (χ4n) is 1.36. The molecule has 0 aliphatic carbocycles. The monoisotopic (exact) mass is 315 g/mol. The predicted molar refractivity (Wildman–Crippen MR) is 73.8 cm³/mol. The summed E-state index contributed by atoms with van der Waals surface area (Å²) in [5, 5.41) is 10.7. The van der Waals surface area contributed by atoms with Crippen LogP contribution in [0, 0.1) is 10.1 Å². The highest BCUT2D eigenvalue weighted by Gasteiger charge is 2.25. The maximum Gasteiger partial charge on any atom is 0.306 e. The Morgan fingerprint density at radius 3 is 2.70 bits per heavy atom. The molecule has 0 atom stereocenters. The molecule has 2 aromatic rings. The second-order valence-electron chi connectivity index (χ2n) is 3.53. The van der Waals surface area contributed by atoms with Gasteiger partial charge in [0, 0.05) is 12.3 Å². The highest BCUT2D eigenvalue weighted by atomic mass is 32.2. The van der Waals surface area contributed by atoms with Crippen molar-refractivity contribution >= 4 is 37.7 Å². The van der Waals surface area contributed by atoms with Crippen LogP contribution in [0.1, 0.15) is 0 Å². The molecule has 0 aromatic carbocycles. The van der Waals surface area contributed by atoms with Gasteiger partial charge in [-0.2, -0.15) is 0 Å². The zero-order chi connectivity index (χ0) is 14.8. The molecule has 0 fully saturated rings. The van der Waals surface area contributed by atoms with E-state index < -0.39 is 20.6 Å². The summed E-state index contributed by atoms with van der Waals surface area (Å²) in [7, 11) is -3.93. The van der Waals surface area contributed by atoms with Gasteiger partial charge < -0.3 is 5.43 Å². The molecule has 2 heterocycles. The molecule has 2 aromatic heterocycles. The van der Waals surface area contributed by atoms with Crippen molar-refractivity contribution in [2.24, 2.45) is 5.84 Å². The van der Waals surface area contributed by atoms with Crippen LogP contribution in [0.2, 0.25) is 0 Å². The van der Waals surface area contributed by atoms with Gasteiger partial charge in [-0.1, -0.05) is 11.3 Å². The van der Waals surface area contributed by atoms with Crippen LogP contribution in [0.3, 0.4) is 0 Å². The zero-order valence-corrected chi connectivity index (χ0v) is 11.4. The smallest absolute Gasteiger partial charge is 0.306 e. The molecule has 0 aliphatic heterocycles. The third-order valence-electron chi connectivity index (χ3n) is 2.20. The summed E-state index contributed by atoms with van der Waals surface area (Å²) in [6, 6.07) is 4.01. The Morgan fingerprint density at radius 2 is 2.20 bits per heavy atom. The Hall–Kier alpha value is -2.24. The quantitative estimate of drug-likeness (QED) is 0.427. The summed E-state index contributed by atoms with van der Waals surface area (Å²) in [5.74, 6) is 5.13. The van der Waals surface area contributed by atoms with Crippen LogP contribution in [0.15, 0.2) is 34.8 Å². The highest BCUT2D eigenvalue weighted by Crippen LogP contribution is 2.36. The van der Waals surface area contributed by atoms with Gasteiger partial charge in [-0.15, -0.1) is 0 Å². The molecule has 2 rings (SSSR count). The predicted octanol–water partition coefficient (Wildman–Crippen LogP) is 1.14. The number of nitrogens with two attached hydrogens (primary N) is 1. The highest BCUT2D eigenvalue weighted by molar-refractivity contribution is 7.94. The number of nitro groups is 1. The van der Waals surface area contributed by atoms with E-state index in [1.807, 2.05) is 0 Å². The van der Waals surface area contributed by atoms with Gasteiger partial charge in [-0.05, 0) is 12.1 Å². The minimum absolute atomic E-state index is 0.0402. The Kier molecular flexibility index (Phi) is 3.83. The van der Waals surface area contributed by atoms with Crippen LogP contribution < -0.4 is 16.0 Å². The van der Waals surface area contributed by atoms with Gasteiger partial charge in [-0.25, -0.2) is 14.3 Å². The molecule has 106 valence electrons. The zero-order valence-electron chi connectivity index (χ0n) is 9.81. The minimum Gasteiger partial charge on any atom is -0.310 e. The molecule has 0 spiro atoms. The van der Waals surface area contributed by atoms with Gasteiger partial charge in [0.25, 0.3) is 10.0 Å². The molecule has 0 aliphatic rings. The second kappa shape index (κ2) is 5.40. The van der Waals surface area contributed by atoms with E-state index in [-0.39, 0.29) is 14.9 Å². The largest absolute Gasteiger partial charge is 0.310 e. The lowest BCUT2D eigenvalue weighted by Gasteiger charge is -2.04. The van der Waals surface area contributed by atoms with Crippen molar-refractivity contribution in [3.05, 3.63) is 40.7 Å². The number of nitrogens with one attached hydrogen (secondary N) is 2. The number of hydrogen-bond acceptors (Lipinski definition) is 8. The first-order valence-electron chi connectivity index (χ1n) is 5.12. The van der Waals surface area contributed by atoms with Gasteiger partial charge in [-0.3, -0.25) is 19.8 Å². The maximum absolute atomic E-state index is 12.1. The molecule has 0 amide bonds. The number of anilines is 2. The number of hydrogen-bond donors (Lipinski definition) is 3. The Bertz CT molecular complexity index is 728.